The molecule has 1 aromatic rings. The van der Waals surface area contributed by atoms with Crippen molar-refractivity contribution >= 4 is 41.3 Å². The quantitative estimate of drug-likeness (QED) is 0.263. The fraction of sp³-hybridized carbons (Fsp3) is 0.318. The summed E-state index contributed by atoms with van der Waals surface area (Å²) in [4.78, 5) is 62.5. The number of hydrogen-bond donors (Lipinski definition) is 3. The number of β-lactam (4-membered cyclic amide) rings is 1. The summed E-state index contributed by atoms with van der Waals surface area (Å²) in [6.45, 7) is 4.82. The number of ketones is 1. The first kappa shape index (κ1) is 24.2. The highest BCUT2D eigenvalue weighted by Crippen LogP contribution is 2.41. The Morgan fingerprint density at radius 2 is 1.91 bits per heavy atom. The number of esters is 1. The molecule has 2 aliphatic rings. The molecule has 0 bridgehead atoms. The zero-order valence-electron chi connectivity index (χ0n) is 17.9. The topological polar surface area (TPSA) is 142 Å². The van der Waals surface area contributed by atoms with Crippen LogP contribution in [-0.2, 0) is 28.7 Å². The number of carbonyl (C=O) groups is 5. The van der Waals surface area contributed by atoms with Crippen molar-refractivity contribution in [2.75, 3.05) is 7.11 Å². The second-order valence-corrected chi connectivity index (χ2v) is 8.59. The molecule has 4 unspecified atom stereocenters. The number of rotatable bonds is 9. The Kier molecular flexibility index (Phi) is 7.34. The third-order valence-corrected chi connectivity index (χ3v) is 6.78. The average Bonchev–Trinajstić information content (AvgIpc) is 2.81. The van der Waals surface area contributed by atoms with Gasteiger partial charge in [-0.15, -0.1) is 18.3 Å². The van der Waals surface area contributed by atoms with E-state index in [9.17, 15) is 29.1 Å². The third-order valence-electron chi connectivity index (χ3n) is 5.28. The van der Waals surface area contributed by atoms with Crippen molar-refractivity contribution in [3.8, 4) is 0 Å². The highest BCUT2D eigenvalue weighted by Gasteiger charge is 2.53. The van der Waals surface area contributed by atoms with Crippen molar-refractivity contribution in [2.45, 2.75) is 35.7 Å². The molecule has 33 heavy (non-hydrogen) atoms. The van der Waals surface area contributed by atoms with Crippen LogP contribution in [0.1, 0.15) is 18.5 Å². The minimum absolute atomic E-state index is 0.0117. The van der Waals surface area contributed by atoms with Crippen LogP contribution in [0.15, 0.2) is 54.8 Å². The monoisotopic (exact) mass is 473 g/mol. The summed E-state index contributed by atoms with van der Waals surface area (Å²) >= 11 is 0.905. The molecule has 0 saturated carbocycles. The molecule has 0 spiro atoms. The van der Waals surface area contributed by atoms with Gasteiger partial charge in [-0.3, -0.25) is 29.3 Å². The highest BCUT2D eigenvalue weighted by atomic mass is 32.2. The maximum Gasteiger partial charge on any atom is 0.326 e. The highest BCUT2D eigenvalue weighted by molar-refractivity contribution is 8.01. The number of nitrogens with zero attached hydrogens (tertiary/aromatic N) is 1. The number of carbonyl (C=O) groups excluding carboxylic acids is 4. The molecule has 2 amide bonds. The number of ether oxygens (including phenoxy) is 1. The lowest BCUT2D eigenvalue weighted by Gasteiger charge is -2.48. The zero-order chi connectivity index (χ0) is 24.3. The van der Waals surface area contributed by atoms with Crippen LogP contribution in [-0.4, -0.2) is 69.4 Å². The van der Waals surface area contributed by atoms with E-state index in [-0.39, 0.29) is 5.57 Å². The number of nitrogens with one attached hydrogen (secondary N) is 2. The van der Waals surface area contributed by atoms with Gasteiger partial charge in [-0.25, -0.2) is 0 Å². The Hall–Kier alpha value is -3.44. The van der Waals surface area contributed by atoms with Crippen LogP contribution in [0.4, 0.5) is 0 Å². The van der Waals surface area contributed by atoms with E-state index in [1.165, 1.54) is 31.2 Å². The first-order valence-electron chi connectivity index (χ1n) is 9.94. The molecular formula is C22H23N3O7S. The Balaban J connectivity index is 1.82. The number of carboxylic acids is 1. The average molecular weight is 474 g/mol. The summed E-state index contributed by atoms with van der Waals surface area (Å²) < 4.78 is 4.73. The molecule has 0 aliphatic carbocycles. The zero-order valence-corrected chi connectivity index (χ0v) is 18.7. The molecule has 2 aliphatic heterocycles. The molecular weight excluding hydrogens is 450 g/mol. The van der Waals surface area contributed by atoms with Gasteiger partial charge in [0.05, 0.1) is 7.11 Å². The number of amides is 2. The second-order valence-electron chi connectivity index (χ2n) is 7.36. The predicted octanol–water partition coefficient (Wildman–Crippen LogP) is 0.371. The van der Waals surface area contributed by atoms with Crippen LogP contribution >= 0.6 is 11.8 Å². The van der Waals surface area contributed by atoms with E-state index in [2.05, 4.69) is 17.2 Å². The standard InChI is InChI=1S/C22H23N3O7S/c1-4-14(22(31)32-3)23-15(12-8-6-5-7-9-12)18(27)24-16-19(28)25-10-13(11(2)26)17(21(29)30)33-20(16)25/h4-10,14-17,20,23H,1H2,2-3H3,(H,24,27)(H,29,30)/t14?,15?,16?,17?,20-/m1/s1. The summed E-state index contributed by atoms with van der Waals surface area (Å²) in [5, 5.41) is 13.2. The number of hydrogen-bond acceptors (Lipinski definition) is 8. The smallest absolute Gasteiger partial charge is 0.326 e. The lowest BCUT2D eigenvalue weighted by molar-refractivity contribution is -0.146. The fourth-order valence-electron chi connectivity index (χ4n) is 3.54. The van der Waals surface area contributed by atoms with Gasteiger partial charge in [0.25, 0.3) is 5.91 Å². The van der Waals surface area contributed by atoms with Gasteiger partial charge in [0.2, 0.25) is 5.91 Å². The Morgan fingerprint density at radius 1 is 1.24 bits per heavy atom. The maximum absolute atomic E-state index is 13.2. The Bertz CT molecular complexity index is 1030. The van der Waals surface area contributed by atoms with Crippen LogP contribution in [0.25, 0.3) is 0 Å². The number of Topliss-reactive ketones (excluding diaryl/α,β-unsaturated/α-hetero) is 1. The third kappa shape index (κ3) is 4.83. The summed E-state index contributed by atoms with van der Waals surface area (Å²) in [6.07, 6.45) is 2.54. The Morgan fingerprint density at radius 3 is 2.45 bits per heavy atom. The molecule has 1 saturated heterocycles. The van der Waals surface area contributed by atoms with Crippen molar-refractivity contribution in [2.24, 2.45) is 0 Å². The Labute approximate surface area is 194 Å². The molecule has 3 rings (SSSR count). The fourth-order valence-corrected chi connectivity index (χ4v) is 4.95. The van der Waals surface area contributed by atoms with E-state index in [1.54, 1.807) is 30.3 Å². The van der Waals surface area contributed by atoms with Gasteiger partial charge >= 0.3 is 11.9 Å². The molecule has 0 aromatic heterocycles. The molecule has 1 aromatic carbocycles. The van der Waals surface area contributed by atoms with Crippen molar-refractivity contribution in [1.29, 1.82) is 0 Å². The lowest BCUT2D eigenvalue weighted by atomic mass is 10.0. The largest absolute Gasteiger partial charge is 0.480 e. The summed E-state index contributed by atoms with van der Waals surface area (Å²) in [7, 11) is 1.21. The van der Waals surface area contributed by atoms with Crippen molar-refractivity contribution in [1.82, 2.24) is 15.5 Å². The second kappa shape index (κ2) is 10.0. The number of carboxylic acid groups (broad SMARTS) is 1. The molecule has 174 valence electrons. The van der Waals surface area contributed by atoms with Crippen LogP contribution < -0.4 is 10.6 Å². The van der Waals surface area contributed by atoms with Crippen molar-refractivity contribution in [3.05, 3.63) is 60.3 Å². The predicted molar refractivity (Wildman–Crippen MR) is 119 cm³/mol. The summed E-state index contributed by atoms with van der Waals surface area (Å²) in [5.74, 6) is -3.35. The molecule has 0 radical (unpaired) electrons. The lowest BCUT2D eigenvalue weighted by Crippen LogP contribution is -2.70. The van der Waals surface area contributed by atoms with E-state index < -0.39 is 58.3 Å². The van der Waals surface area contributed by atoms with E-state index in [1.807, 2.05) is 0 Å². The van der Waals surface area contributed by atoms with Gasteiger partial charge in [0.15, 0.2) is 5.78 Å². The van der Waals surface area contributed by atoms with Crippen LogP contribution in [0.3, 0.4) is 0 Å². The summed E-state index contributed by atoms with van der Waals surface area (Å²) in [6, 6.07) is 5.56. The molecule has 5 atom stereocenters. The molecule has 3 N–H and O–H groups in total. The van der Waals surface area contributed by atoms with Crippen LogP contribution in [0.2, 0.25) is 0 Å². The first-order chi connectivity index (χ1) is 15.7. The van der Waals surface area contributed by atoms with Gasteiger partial charge in [-0.2, -0.15) is 0 Å². The van der Waals surface area contributed by atoms with Crippen LogP contribution in [0.5, 0.6) is 0 Å². The number of benzene rings is 1. The maximum atomic E-state index is 13.2. The normalized spacial score (nSPS) is 23.2. The molecule has 1 fully saturated rings. The molecule has 11 heteroatoms. The number of thioether (sulfide) groups is 1. The van der Waals surface area contributed by atoms with Crippen LogP contribution in [0, 0.1) is 0 Å². The van der Waals surface area contributed by atoms with Gasteiger partial charge in [-0.05, 0) is 12.5 Å². The van der Waals surface area contributed by atoms with Crippen molar-refractivity contribution < 1.29 is 33.8 Å². The number of fused-ring (bicyclic) bond motifs is 1. The first-order valence-corrected chi connectivity index (χ1v) is 10.9. The molecule has 2 heterocycles. The minimum atomic E-state index is -1.21. The number of aliphatic carboxylic acids is 1. The van der Waals surface area contributed by atoms with E-state index >= 15 is 0 Å². The molecule has 10 nitrogen and oxygen atoms in total. The van der Waals surface area contributed by atoms with Gasteiger partial charge in [0, 0.05) is 11.8 Å². The van der Waals surface area contributed by atoms with Crippen molar-refractivity contribution in [3.63, 3.8) is 0 Å². The van der Waals surface area contributed by atoms with Gasteiger partial charge in [-0.1, -0.05) is 36.4 Å². The van der Waals surface area contributed by atoms with E-state index in [0.29, 0.717) is 5.56 Å². The summed E-state index contributed by atoms with van der Waals surface area (Å²) in [5.41, 5.74) is 0.547. The van der Waals surface area contributed by atoms with Gasteiger partial charge < -0.3 is 20.1 Å². The SMILES string of the molecule is C=CC(NC(C(=O)NC1C(=O)N2C=C(C(C)=O)C(C(=O)O)S[C@H]12)c1ccccc1)C(=O)OC. The van der Waals surface area contributed by atoms with E-state index in [0.717, 1.165) is 11.8 Å². The number of methoxy groups -OCH3 is 1. The van der Waals surface area contributed by atoms with E-state index in [4.69, 9.17) is 4.74 Å². The minimum Gasteiger partial charge on any atom is -0.480 e. The van der Waals surface area contributed by atoms with Gasteiger partial charge in [0.1, 0.15) is 28.7 Å².